The van der Waals surface area contributed by atoms with Crippen LogP contribution >= 0.6 is 0 Å². The first-order chi connectivity index (χ1) is 10.1. The van der Waals surface area contributed by atoms with E-state index in [9.17, 15) is 14.7 Å². The molecule has 0 spiro atoms. The molecule has 0 radical (unpaired) electrons. The molecule has 4 nitrogen and oxygen atoms in total. The Balaban J connectivity index is 2.10. The van der Waals surface area contributed by atoms with Crippen LogP contribution in [-0.4, -0.2) is 28.4 Å². The average molecular weight is 289 g/mol. The van der Waals surface area contributed by atoms with Gasteiger partial charge in [-0.1, -0.05) is 43.7 Å². The number of nitrogens with zero attached hydrogens (tertiary/aromatic N) is 1. The quantitative estimate of drug-likeness (QED) is 0.876. The van der Waals surface area contributed by atoms with E-state index in [0.717, 1.165) is 18.4 Å². The maximum atomic E-state index is 12.7. The number of carbonyl (C=O) groups is 2. The first-order valence-corrected chi connectivity index (χ1v) is 7.69. The van der Waals surface area contributed by atoms with Gasteiger partial charge in [-0.25, -0.2) is 0 Å². The molecule has 21 heavy (non-hydrogen) atoms. The standard InChI is InChI=1S/C17H23NO3/c1-2-11-18(12-13-7-4-3-5-8-13)16(19)14-9-6-10-15(14)17(20)21/h3-5,7-8,14-15H,2,6,9-12H2,1H3,(H,20,21). The lowest BCUT2D eigenvalue weighted by molar-refractivity contribution is -0.149. The molecule has 1 aliphatic carbocycles. The van der Waals surface area contributed by atoms with E-state index in [1.54, 1.807) is 0 Å². The van der Waals surface area contributed by atoms with Gasteiger partial charge in [-0.2, -0.15) is 0 Å². The van der Waals surface area contributed by atoms with E-state index in [2.05, 4.69) is 0 Å². The van der Waals surface area contributed by atoms with Crippen LogP contribution in [0.5, 0.6) is 0 Å². The van der Waals surface area contributed by atoms with Crippen LogP contribution in [0.2, 0.25) is 0 Å². The van der Waals surface area contributed by atoms with Crippen molar-refractivity contribution in [2.45, 2.75) is 39.2 Å². The van der Waals surface area contributed by atoms with Crippen LogP contribution in [0.1, 0.15) is 38.2 Å². The fraction of sp³-hybridized carbons (Fsp3) is 0.529. The molecule has 0 heterocycles. The molecule has 0 aliphatic heterocycles. The summed E-state index contributed by atoms with van der Waals surface area (Å²) in [5, 5.41) is 9.26. The van der Waals surface area contributed by atoms with Crippen molar-refractivity contribution in [3.8, 4) is 0 Å². The summed E-state index contributed by atoms with van der Waals surface area (Å²) in [5.74, 6) is -1.68. The molecule has 0 bridgehead atoms. The van der Waals surface area contributed by atoms with Crippen molar-refractivity contribution >= 4 is 11.9 Å². The summed E-state index contributed by atoms with van der Waals surface area (Å²) >= 11 is 0. The van der Waals surface area contributed by atoms with Gasteiger partial charge in [-0.3, -0.25) is 9.59 Å². The van der Waals surface area contributed by atoms with Gasteiger partial charge in [-0.15, -0.1) is 0 Å². The first kappa shape index (κ1) is 15.5. The molecule has 0 aromatic heterocycles. The highest BCUT2D eigenvalue weighted by atomic mass is 16.4. The number of benzene rings is 1. The summed E-state index contributed by atoms with van der Waals surface area (Å²) in [5.41, 5.74) is 1.09. The lowest BCUT2D eigenvalue weighted by atomic mass is 9.94. The fourth-order valence-corrected chi connectivity index (χ4v) is 3.13. The smallest absolute Gasteiger partial charge is 0.307 e. The number of hydrogen-bond acceptors (Lipinski definition) is 2. The predicted molar refractivity (Wildman–Crippen MR) is 80.6 cm³/mol. The van der Waals surface area contributed by atoms with Crippen molar-refractivity contribution in [2.75, 3.05) is 6.54 Å². The monoisotopic (exact) mass is 289 g/mol. The second kappa shape index (κ2) is 7.25. The molecule has 1 saturated carbocycles. The van der Waals surface area contributed by atoms with Crippen molar-refractivity contribution in [1.29, 1.82) is 0 Å². The highest BCUT2D eigenvalue weighted by molar-refractivity contribution is 5.85. The average Bonchev–Trinajstić information content (AvgIpc) is 2.97. The van der Waals surface area contributed by atoms with Gasteiger partial charge >= 0.3 is 5.97 Å². The van der Waals surface area contributed by atoms with E-state index < -0.39 is 11.9 Å². The van der Waals surface area contributed by atoms with Crippen molar-refractivity contribution in [2.24, 2.45) is 11.8 Å². The number of carboxylic acids is 1. The Kier molecular flexibility index (Phi) is 5.37. The van der Waals surface area contributed by atoms with Gasteiger partial charge in [0.25, 0.3) is 0 Å². The number of hydrogen-bond donors (Lipinski definition) is 1. The summed E-state index contributed by atoms with van der Waals surface area (Å²) in [4.78, 5) is 25.8. The highest BCUT2D eigenvalue weighted by Gasteiger charge is 2.39. The Labute approximate surface area is 125 Å². The van der Waals surface area contributed by atoms with E-state index >= 15 is 0 Å². The van der Waals surface area contributed by atoms with Gasteiger partial charge < -0.3 is 10.0 Å². The predicted octanol–water partition coefficient (Wildman–Crippen LogP) is 2.93. The van der Waals surface area contributed by atoms with E-state index in [0.29, 0.717) is 25.9 Å². The largest absolute Gasteiger partial charge is 0.481 e. The van der Waals surface area contributed by atoms with Crippen LogP contribution in [-0.2, 0) is 16.1 Å². The number of amides is 1. The summed E-state index contributed by atoms with van der Waals surface area (Å²) < 4.78 is 0. The number of carboxylic acid groups (broad SMARTS) is 1. The Morgan fingerprint density at radius 3 is 2.48 bits per heavy atom. The minimum atomic E-state index is -0.831. The van der Waals surface area contributed by atoms with Crippen molar-refractivity contribution in [3.63, 3.8) is 0 Å². The van der Waals surface area contributed by atoms with Crippen molar-refractivity contribution < 1.29 is 14.7 Å². The van der Waals surface area contributed by atoms with Crippen molar-refractivity contribution in [1.82, 2.24) is 4.90 Å². The van der Waals surface area contributed by atoms with Gasteiger partial charge in [0.05, 0.1) is 11.8 Å². The number of carbonyl (C=O) groups excluding carboxylic acids is 1. The maximum absolute atomic E-state index is 12.7. The first-order valence-electron chi connectivity index (χ1n) is 7.69. The van der Waals surface area contributed by atoms with Crippen LogP contribution < -0.4 is 0 Å². The van der Waals surface area contributed by atoms with Crippen LogP contribution in [0, 0.1) is 11.8 Å². The lowest BCUT2D eigenvalue weighted by Crippen LogP contribution is -2.39. The minimum absolute atomic E-state index is 0.00519. The van der Waals surface area contributed by atoms with E-state index in [1.165, 1.54) is 0 Å². The van der Waals surface area contributed by atoms with Crippen LogP contribution in [0.3, 0.4) is 0 Å². The molecule has 0 saturated heterocycles. The number of rotatable bonds is 6. The summed E-state index contributed by atoms with van der Waals surface area (Å²) in [6, 6.07) is 9.87. The molecular weight excluding hydrogens is 266 g/mol. The van der Waals surface area contributed by atoms with E-state index in [4.69, 9.17) is 0 Å². The third-order valence-electron chi connectivity index (χ3n) is 4.17. The Bertz CT molecular complexity index is 486. The molecule has 1 fully saturated rings. The molecule has 1 aromatic rings. The zero-order valence-electron chi connectivity index (χ0n) is 12.5. The molecule has 2 unspecified atom stereocenters. The van der Waals surface area contributed by atoms with Gasteiger partial charge in [0, 0.05) is 13.1 Å². The molecule has 1 amide bonds. The van der Waals surface area contributed by atoms with Crippen LogP contribution in [0.15, 0.2) is 30.3 Å². The molecule has 4 heteroatoms. The minimum Gasteiger partial charge on any atom is -0.481 e. The van der Waals surface area contributed by atoms with Gasteiger partial charge in [0.2, 0.25) is 5.91 Å². The maximum Gasteiger partial charge on any atom is 0.307 e. The molecule has 2 atom stereocenters. The Morgan fingerprint density at radius 1 is 1.19 bits per heavy atom. The normalized spacial score (nSPS) is 21.2. The highest BCUT2D eigenvalue weighted by Crippen LogP contribution is 2.33. The lowest BCUT2D eigenvalue weighted by Gasteiger charge is -2.27. The molecular formula is C17H23NO3. The van der Waals surface area contributed by atoms with Gasteiger partial charge in [0.1, 0.15) is 0 Å². The summed E-state index contributed by atoms with van der Waals surface area (Å²) in [6.07, 6.45) is 3.03. The zero-order valence-corrected chi connectivity index (χ0v) is 12.5. The van der Waals surface area contributed by atoms with Gasteiger partial charge in [-0.05, 0) is 24.8 Å². The van der Waals surface area contributed by atoms with Crippen LogP contribution in [0.4, 0.5) is 0 Å². The Hall–Kier alpha value is -1.84. The van der Waals surface area contributed by atoms with Crippen molar-refractivity contribution in [3.05, 3.63) is 35.9 Å². The summed E-state index contributed by atoms with van der Waals surface area (Å²) in [7, 11) is 0. The number of aliphatic carboxylic acids is 1. The Morgan fingerprint density at radius 2 is 1.86 bits per heavy atom. The third-order valence-corrected chi connectivity index (χ3v) is 4.17. The molecule has 114 valence electrons. The van der Waals surface area contributed by atoms with Crippen LogP contribution in [0.25, 0.3) is 0 Å². The van der Waals surface area contributed by atoms with E-state index in [-0.39, 0.29) is 11.8 Å². The summed E-state index contributed by atoms with van der Waals surface area (Å²) in [6.45, 7) is 3.28. The fourth-order valence-electron chi connectivity index (χ4n) is 3.13. The zero-order chi connectivity index (χ0) is 15.2. The molecule has 1 N–H and O–H groups in total. The second-order valence-corrected chi connectivity index (χ2v) is 5.73. The topological polar surface area (TPSA) is 57.6 Å². The molecule has 1 aromatic carbocycles. The van der Waals surface area contributed by atoms with Gasteiger partial charge in [0.15, 0.2) is 0 Å². The second-order valence-electron chi connectivity index (χ2n) is 5.73. The third kappa shape index (κ3) is 3.84. The molecule has 2 rings (SSSR count). The SMILES string of the molecule is CCCN(Cc1ccccc1)C(=O)C1CCCC1C(=O)O. The van der Waals surface area contributed by atoms with E-state index in [1.807, 2.05) is 42.2 Å². The molecule has 1 aliphatic rings.